The fourth-order valence-electron chi connectivity index (χ4n) is 1.63. The van der Waals surface area contributed by atoms with Crippen LogP contribution in [-0.4, -0.2) is 39.8 Å². The van der Waals surface area contributed by atoms with Gasteiger partial charge in [-0.15, -0.1) is 0 Å². The van der Waals surface area contributed by atoms with Gasteiger partial charge in [0.05, 0.1) is 18.1 Å². The van der Waals surface area contributed by atoms with Crippen LogP contribution in [0.4, 0.5) is 0 Å². The van der Waals surface area contributed by atoms with Crippen LogP contribution in [0.2, 0.25) is 0 Å². The molecule has 0 unspecified atom stereocenters. The predicted molar refractivity (Wildman–Crippen MR) is 81.0 cm³/mol. The fraction of sp³-hybridized carbons (Fsp3) is 0.533. The topological polar surface area (TPSA) is 78.9 Å². The van der Waals surface area contributed by atoms with Gasteiger partial charge in [0, 0.05) is 0 Å². The molecule has 0 heterocycles. The molecule has 1 aromatic carbocycles. The first-order valence-corrected chi connectivity index (χ1v) is 8.27. The predicted octanol–water partition coefficient (Wildman–Crippen LogP) is 2.06. The van der Waals surface area contributed by atoms with E-state index in [1.54, 1.807) is 45.9 Å². The number of hydrogen-bond donors (Lipinski definition) is 0. The highest BCUT2D eigenvalue weighted by Gasteiger charge is 2.18. The molecule has 0 saturated carbocycles. The molecule has 124 valence electrons. The first-order chi connectivity index (χ1) is 10.1. The van der Waals surface area contributed by atoms with E-state index in [4.69, 9.17) is 13.7 Å². The van der Waals surface area contributed by atoms with Gasteiger partial charge in [-0.25, -0.2) is 4.79 Å². The zero-order valence-electron chi connectivity index (χ0n) is 13.3. The molecule has 7 heteroatoms. The fourth-order valence-corrected chi connectivity index (χ4v) is 2.75. The number of hydrogen-bond acceptors (Lipinski definition) is 6. The van der Waals surface area contributed by atoms with Crippen LogP contribution in [0.15, 0.2) is 29.2 Å². The van der Waals surface area contributed by atoms with Gasteiger partial charge >= 0.3 is 5.97 Å². The lowest BCUT2D eigenvalue weighted by molar-refractivity contribution is -0.160. The van der Waals surface area contributed by atoms with Gasteiger partial charge < -0.3 is 9.47 Å². The van der Waals surface area contributed by atoms with E-state index in [2.05, 4.69) is 0 Å². The molecule has 22 heavy (non-hydrogen) atoms. The summed E-state index contributed by atoms with van der Waals surface area (Å²) in [6.45, 7) is 6.51. The van der Waals surface area contributed by atoms with Crippen LogP contribution in [0, 0.1) is 6.92 Å². The van der Waals surface area contributed by atoms with Crippen LogP contribution in [-0.2, 0) is 28.6 Å². The van der Waals surface area contributed by atoms with E-state index in [0.29, 0.717) is 5.56 Å². The van der Waals surface area contributed by atoms with Gasteiger partial charge in [-0.1, -0.05) is 18.2 Å². The third-order valence-corrected chi connectivity index (χ3v) is 3.94. The lowest BCUT2D eigenvalue weighted by Gasteiger charge is -2.19. The Hall–Kier alpha value is -1.44. The quantitative estimate of drug-likeness (QED) is 0.432. The van der Waals surface area contributed by atoms with Crippen molar-refractivity contribution in [1.82, 2.24) is 0 Å². The van der Waals surface area contributed by atoms with Crippen LogP contribution >= 0.6 is 0 Å². The Bertz CT molecular complexity index is 601. The number of carbonyl (C=O) groups is 1. The molecule has 0 saturated heterocycles. The summed E-state index contributed by atoms with van der Waals surface area (Å²) in [7, 11) is -3.82. The second-order valence-electron chi connectivity index (χ2n) is 5.68. The molecule has 0 amide bonds. The highest BCUT2D eigenvalue weighted by Crippen LogP contribution is 2.16. The maximum atomic E-state index is 12.0. The van der Waals surface area contributed by atoms with Gasteiger partial charge in [-0.3, -0.25) is 4.18 Å². The van der Waals surface area contributed by atoms with Gasteiger partial charge in [-0.05, 0) is 39.3 Å². The maximum absolute atomic E-state index is 12.0. The maximum Gasteiger partial charge on any atom is 0.332 e. The monoisotopic (exact) mass is 330 g/mol. The summed E-state index contributed by atoms with van der Waals surface area (Å²) in [4.78, 5) is 11.5. The number of rotatable bonds is 7. The van der Waals surface area contributed by atoms with E-state index in [1.807, 2.05) is 0 Å². The molecule has 0 aliphatic rings. The van der Waals surface area contributed by atoms with Gasteiger partial charge in [0.1, 0.15) is 12.2 Å². The summed E-state index contributed by atoms with van der Waals surface area (Å²) >= 11 is 0. The van der Waals surface area contributed by atoms with Crippen LogP contribution in [0.3, 0.4) is 0 Å². The van der Waals surface area contributed by atoms with E-state index in [-0.39, 0.29) is 24.7 Å². The molecule has 0 aliphatic carbocycles. The lowest BCUT2D eigenvalue weighted by Crippen LogP contribution is -2.27. The van der Waals surface area contributed by atoms with Crippen molar-refractivity contribution in [2.24, 2.45) is 0 Å². The minimum atomic E-state index is -3.82. The lowest BCUT2D eigenvalue weighted by atomic mass is 10.2. The molecule has 0 aromatic heterocycles. The Kier molecular flexibility index (Phi) is 6.52. The number of benzene rings is 1. The van der Waals surface area contributed by atoms with Crippen molar-refractivity contribution in [3.63, 3.8) is 0 Å². The molecular formula is C15H22O6S. The zero-order chi connectivity index (χ0) is 16.8. The summed E-state index contributed by atoms with van der Waals surface area (Å²) in [5, 5.41) is 0. The van der Waals surface area contributed by atoms with Crippen molar-refractivity contribution >= 4 is 16.1 Å². The van der Waals surface area contributed by atoms with Gasteiger partial charge in [0.2, 0.25) is 0 Å². The van der Waals surface area contributed by atoms with Crippen molar-refractivity contribution in [2.75, 3.05) is 19.8 Å². The second kappa shape index (κ2) is 7.71. The summed E-state index contributed by atoms with van der Waals surface area (Å²) in [6, 6.07) is 6.54. The zero-order valence-corrected chi connectivity index (χ0v) is 14.1. The van der Waals surface area contributed by atoms with E-state index in [0.717, 1.165) is 0 Å². The van der Waals surface area contributed by atoms with E-state index in [1.165, 1.54) is 6.07 Å². The Morgan fingerprint density at radius 1 is 1.14 bits per heavy atom. The minimum Gasteiger partial charge on any atom is -0.458 e. The van der Waals surface area contributed by atoms with Crippen LogP contribution < -0.4 is 0 Å². The molecule has 0 bridgehead atoms. The number of ether oxygens (including phenoxy) is 2. The molecule has 0 fully saturated rings. The first-order valence-electron chi connectivity index (χ1n) is 6.86. The molecule has 0 atom stereocenters. The summed E-state index contributed by atoms with van der Waals surface area (Å²) < 4.78 is 38.9. The largest absolute Gasteiger partial charge is 0.458 e. The van der Waals surface area contributed by atoms with Gasteiger partial charge in [-0.2, -0.15) is 8.42 Å². The highest BCUT2D eigenvalue weighted by atomic mass is 32.2. The summed E-state index contributed by atoms with van der Waals surface area (Å²) in [5.41, 5.74) is 0.0302. The number of esters is 1. The molecule has 1 aromatic rings. The summed E-state index contributed by atoms with van der Waals surface area (Å²) in [6.07, 6.45) is 0. The Morgan fingerprint density at radius 2 is 1.77 bits per heavy atom. The van der Waals surface area contributed by atoms with Crippen molar-refractivity contribution < 1.29 is 26.9 Å². The molecular weight excluding hydrogens is 308 g/mol. The molecule has 0 radical (unpaired) electrons. The Labute approximate surface area is 131 Å². The Balaban J connectivity index is 2.36. The van der Waals surface area contributed by atoms with Crippen molar-refractivity contribution in [3.05, 3.63) is 29.8 Å². The van der Waals surface area contributed by atoms with Crippen LogP contribution in [0.25, 0.3) is 0 Å². The molecule has 0 N–H and O–H groups in total. The molecule has 6 nitrogen and oxygen atoms in total. The summed E-state index contributed by atoms with van der Waals surface area (Å²) in [5.74, 6) is -0.505. The average molecular weight is 330 g/mol. The minimum absolute atomic E-state index is 0.0235. The van der Waals surface area contributed by atoms with Crippen LogP contribution in [0.5, 0.6) is 0 Å². The average Bonchev–Trinajstić information content (AvgIpc) is 2.36. The van der Waals surface area contributed by atoms with Crippen molar-refractivity contribution in [2.45, 2.75) is 38.2 Å². The smallest absolute Gasteiger partial charge is 0.332 e. The van der Waals surface area contributed by atoms with E-state index in [9.17, 15) is 13.2 Å². The van der Waals surface area contributed by atoms with Gasteiger partial charge in [0.25, 0.3) is 10.1 Å². The molecule has 1 rings (SSSR count). The van der Waals surface area contributed by atoms with E-state index >= 15 is 0 Å². The SMILES string of the molecule is Cc1ccccc1S(=O)(=O)OCCOCC(=O)OC(C)(C)C. The molecule has 0 spiro atoms. The Morgan fingerprint density at radius 3 is 2.36 bits per heavy atom. The van der Waals surface area contributed by atoms with Gasteiger partial charge in [0.15, 0.2) is 0 Å². The normalized spacial score (nSPS) is 12.2. The third-order valence-electron chi connectivity index (χ3n) is 2.47. The van der Waals surface area contributed by atoms with E-state index < -0.39 is 21.7 Å². The molecule has 0 aliphatic heterocycles. The van der Waals surface area contributed by atoms with Crippen molar-refractivity contribution in [3.8, 4) is 0 Å². The number of aryl methyl sites for hydroxylation is 1. The van der Waals surface area contributed by atoms with Crippen molar-refractivity contribution in [1.29, 1.82) is 0 Å². The standard InChI is InChI=1S/C15H22O6S/c1-12-7-5-6-8-13(12)22(17,18)20-10-9-19-11-14(16)21-15(2,3)4/h5-8H,9-11H2,1-4H3. The number of carbonyl (C=O) groups excluding carboxylic acids is 1. The van der Waals surface area contributed by atoms with Crippen LogP contribution in [0.1, 0.15) is 26.3 Å². The third kappa shape index (κ3) is 6.55. The highest BCUT2D eigenvalue weighted by molar-refractivity contribution is 7.86. The second-order valence-corrected chi connectivity index (χ2v) is 7.26. The first kappa shape index (κ1) is 18.6.